The Morgan fingerprint density at radius 2 is 1.15 bits per heavy atom. The van der Waals surface area contributed by atoms with Crippen molar-refractivity contribution in [1.29, 1.82) is 0 Å². The zero-order chi connectivity index (χ0) is 57.8. The smallest absolute Gasteiger partial charge is 0.326 e. The van der Waals surface area contributed by atoms with Gasteiger partial charge in [0.2, 0.25) is 53.2 Å². The summed E-state index contributed by atoms with van der Waals surface area (Å²) < 4.78 is 0. The van der Waals surface area contributed by atoms with E-state index in [0.29, 0.717) is 38.6 Å². The van der Waals surface area contributed by atoms with Gasteiger partial charge >= 0.3 is 5.97 Å². The first-order valence-electron chi connectivity index (χ1n) is 27.4. The lowest BCUT2D eigenvalue weighted by Gasteiger charge is -2.33. The molecule has 3 aliphatic rings. The summed E-state index contributed by atoms with van der Waals surface area (Å²) in [7, 11) is 0. The molecule has 434 valence electrons. The summed E-state index contributed by atoms with van der Waals surface area (Å²) in [4.78, 5) is 145. The third-order valence-corrected chi connectivity index (χ3v) is 14.3. The van der Waals surface area contributed by atoms with E-state index in [2.05, 4.69) is 36.9 Å². The molecule has 1 aromatic rings. The maximum Gasteiger partial charge on any atom is 0.326 e. The Morgan fingerprint density at radius 3 is 1.69 bits per heavy atom. The van der Waals surface area contributed by atoms with Crippen molar-refractivity contribution in [3.05, 3.63) is 35.9 Å². The predicted molar refractivity (Wildman–Crippen MR) is 288 cm³/mol. The number of carbonyl (C=O) groups excluding carboxylic acids is 9. The Labute approximate surface area is 456 Å². The number of hydrogen-bond donors (Lipinski definition) is 11. The Balaban J connectivity index is 1.45. The lowest BCUT2D eigenvalue weighted by atomic mass is 10.0. The summed E-state index contributed by atoms with van der Waals surface area (Å²) in [6.45, 7) is 10.2. The first kappa shape index (κ1) is 63.6. The summed E-state index contributed by atoms with van der Waals surface area (Å²) in [6.07, 6.45) is 4.75. The minimum absolute atomic E-state index is 0.0431. The molecule has 0 aromatic heterocycles. The van der Waals surface area contributed by atoms with Crippen LogP contribution in [-0.2, 0) is 54.4 Å². The highest BCUT2D eigenvalue weighted by molar-refractivity contribution is 5.99. The molecule has 0 unspecified atom stereocenters. The number of unbranched alkanes of at least 4 members (excludes halogenated alkanes) is 1. The molecule has 10 atom stereocenters. The molecular weight excluding hydrogens is 1010 g/mol. The van der Waals surface area contributed by atoms with Crippen LogP contribution in [0.3, 0.4) is 0 Å². The molecule has 0 spiro atoms. The number of aliphatic carboxylic acids is 1. The van der Waals surface area contributed by atoms with Gasteiger partial charge in [-0.15, -0.1) is 0 Å². The predicted octanol–water partition coefficient (Wildman–Crippen LogP) is -1.52. The molecule has 3 heterocycles. The molecular formula is C53H85N13O12. The van der Waals surface area contributed by atoms with Crippen LogP contribution in [0.15, 0.2) is 35.3 Å². The van der Waals surface area contributed by atoms with E-state index < -0.39 is 126 Å². The Hall–Kier alpha value is -6.89. The highest BCUT2D eigenvalue weighted by Gasteiger charge is 2.43. The van der Waals surface area contributed by atoms with Crippen molar-refractivity contribution in [3.8, 4) is 0 Å². The van der Waals surface area contributed by atoms with Gasteiger partial charge in [0.25, 0.3) is 0 Å². The van der Waals surface area contributed by atoms with Crippen LogP contribution < -0.4 is 49.1 Å². The molecule has 3 saturated heterocycles. The fraction of sp³-hybridized carbons (Fsp3) is 0.679. The molecule has 4 rings (SSSR count). The third-order valence-electron chi connectivity index (χ3n) is 14.3. The van der Waals surface area contributed by atoms with Crippen molar-refractivity contribution in [1.82, 2.24) is 46.6 Å². The van der Waals surface area contributed by atoms with Crippen LogP contribution in [0.25, 0.3) is 0 Å². The van der Waals surface area contributed by atoms with Crippen LogP contribution in [0, 0.1) is 11.8 Å². The molecule has 9 amide bonds. The van der Waals surface area contributed by atoms with Crippen molar-refractivity contribution >= 4 is 65.1 Å². The van der Waals surface area contributed by atoms with E-state index >= 15 is 0 Å². The minimum Gasteiger partial charge on any atom is -0.480 e. The second-order valence-corrected chi connectivity index (χ2v) is 21.3. The Bertz CT molecular complexity index is 2280. The average molecular weight is 1100 g/mol. The van der Waals surface area contributed by atoms with E-state index in [0.717, 1.165) is 18.4 Å². The minimum atomic E-state index is -1.64. The van der Waals surface area contributed by atoms with E-state index in [1.54, 1.807) is 44.2 Å². The highest BCUT2D eigenvalue weighted by Crippen LogP contribution is 2.24. The quantitative estimate of drug-likeness (QED) is 0.0247. The number of nitrogens with two attached hydrogens (primary N) is 3. The number of rotatable bonds is 29. The molecule has 78 heavy (non-hydrogen) atoms. The van der Waals surface area contributed by atoms with Gasteiger partial charge in [-0.3, -0.25) is 48.1 Å². The molecule has 25 nitrogen and oxygen atoms in total. The summed E-state index contributed by atoms with van der Waals surface area (Å²) in [5, 5.41) is 36.0. The van der Waals surface area contributed by atoms with Gasteiger partial charge in [0.15, 0.2) is 5.96 Å². The largest absolute Gasteiger partial charge is 0.480 e. The van der Waals surface area contributed by atoms with Gasteiger partial charge in [0.1, 0.15) is 54.4 Å². The maximum absolute atomic E-state index is 14.5. The topological polar surface area (TPSA) is 383 Å². The van der Waals surface area contributed by atoms with Gasteiger partial charge < -0.3 is 74.0 Å². The molecule has 0 bridgehead atoms. The third kappa shape index (κ3) is 18.4. The SMILES string of the molecule is CCCC[C@H](N)C(=O)N1CCC[C@H]1C(=O)N[C@@H](CC(C)C)C(=O)N[C@@H](C)C(=O)N[C@@H](CO)C(=O)N[C@@H](CCCN=C(N)N)C(=O)N[C@H](C(=O)N1CCC[C@H]1C(=O)N[C@@H](Cc1ccccc1)C(=O)N1CCC[C@H]1C(=O)O)C(C)C. The number of carboxylic acid groups (broad SMARTS) is 1. The van der Waals surface area contributed by atoms with Crippen LogP contribution in [0.2, 0.25) is 0 Å². The lowest BCUT2D eigenvalue weighted by molar-refractivity contribution is -0.150. The second-order valence-electron chi connectivity index (χ2n) is 21.3. The van der Waals surface area contributed by atoms with E-state index in [1.165, 1.54) is 21.6 Å². The summed E-state index contributed by atoms with van der Waals surface area (Å²) >= 11 is 0. The molecule has 0 aliphatic carbocycles. The van der Waals surface area contributed by atoms with Crippen molar-refractivity contribution in [2.24, 2.45) is 34.0 Å². The average Bonchev–Trinajstić information content (AvgIpc) is 4.21. The normalized spacial score (nSPS) is 19.9. The Morgan fingerprint density at radius 1 is 0.628 bits per heavy atom. The van der Waals surface area contributed by atoms with Gasteiger partial charge in [-0.25, -0.2) is 4.79 Å². The van der Waals surface area contributed by atoms with Crippen LogP contribution in [-0.4, -0.2) is 183 Å². The molecule has 25 heteroatoms. The number of benzene rings is 1. The molecule has 3 aliphatic heterocycles. The van der Waals surface area contributed by atoms with Gasteiger partial charge in [0.05, 0.1) is 12.6 Å². The van der Waals surface area contributed by atoms with Gasteiger partial charge in [-0.2, -0.15) is 0 Å². The number of aliphatic imine (C=N–C) groups is 1. The van der Waals surface area contributed by atoms with Crippen LogP contribution in [0.5, 0.6) is 0 Å². The summed E-state index contributed by atoms with van der Waals surface area (Å²) in [5.41, 5.74) is 17.9. The molecule has 14 N–H and O–H groups in total. The number of carboxylic acids is 1. The van der Waals surface area contributed by atoms with Gasteiger partial charge in [0, 0.05) is 32.6 Å². The summed E-state index contributed by atoms with van der Waals surface area (Å²) in [6, 6.07) is -2.58. The van der Waals surface area contributed by atoms with E-state index in [-0.39, 0.29) is 75.9 Å². The highest BCUT2D eigenvalue weighted by atomic mass is 16.4. The van der Waals surface area contributed by atoms with Crippen LogP contribution in [0.4, 0.5) is 0 Å². The summed E-state index contributed by atoms with van der Waals surface area (Å²) in [5.74, 6) is -8.08. The number of hydrogen-bond acceptors (Lipinski definition) is 13. The van der Waals surface area contributed by atoms with Crippen molar-refractivity contribution < 1.29 is 58.2 Å². The van der Waals surface area contributed by atoms with Gasteiger partial charge in [-0.05, 0) is 88.5 Å². The van der Waals surface area contributed by atoms with Crippen molar-refractivity contribution in [3.63, 3.8) is 0 Å². The standard InChI is InChI=1S/C53H85N13O12/c1-7-8-18-34(54)49(74)64-24-13-20-39(64)47(72)60-36(27-30(2)3)45(70)58-32(6)43(68)62-38(29-67)46(71)59-35(19-12-23-57-53(55)56)44(69)63-42(31(4)5)51(76)65-25-14-21-40(65)48(73)61-37(28-33-16-10-9-11-17-33)50(75)66-26-15-22-41(66)52(77)78/h9-11,16-17,30-32,34-42,67H,7-8,12-15,18-29,54H2,1-6H3,(H,58,70)(H,59,71)(H,60,72)(H,61,73)(H,62,68)(H,63,69)(H,77,78)(H4,55,56,57)/t32-,34-,35-,36-,37-,38-,39-,40-,41-,42-/m0/s1. The second kappa shape index (κ2) is 30.9. The molecule has 0 saturated carbocycles. The van der Waals surface area contributed by atoms with Crippen molar-refractivity contribution in [2.45, 2.75) is 185 Å². The zero-order valence-corrected chi connectivity index (χ0v) is 46.0. The van der Waals surface area contributed by atoms with E-state index in [9.17, 15) is 58.2 Å². The van der Waals surface area contributed by atoms with E-state index in [4.69, 9.17) is 17.2 Å². The fourth-order valence-corrected chi connectivity index (χ4v) is 10.0. The molecule has 0 radical (unpaired) electrons. The van der Waals surface area contributed by atoms with Crippen LogP contribution in [0.1, 0.15) is 124 Å². The number of nitrogens with zero attached hydrogens (tertiary/aromatic N) is 4. The monoisotopic (exact) mass is 1100 g/mol. The number of amides is 9. The first-order valence-corrected chi connectivity index (χ1v) is 27.4. The first-order chi connectivity index (χ1) is 37.0. The zero-order valence-electron chi connectivity index (χ0n) is 46.0. The number of guanidine groups is 1. The lowest BCUT2D eigenvalue weighted by Crippen LogP contribution is -2.61. The fourth-order valence-electron chi connectivity index (χ4n) is 10.0. The molecule has 3 fully saturated rings. The number of likely N-dealkylation sites (tertiary alicyclic amines) is 3. The number of aliphatic hydroxyl groups excluding tert-OH is 1. The van der Waals surface area contributed by atoms with Gasteiger partial charge in [-0.1, -0.05) is 77.8 Å². The number of nitrogens with one attached hydrogen (secondary N) is 6. The van der Waals surface area contributed by atoms with Crippen molar-refractivity contribution in [2.75, 3.05) is 32.8 Å². The van der Waals surface area contributed by atoms with E-state index in [1.807, 2.05) is 20.8 Å². The maximum atomic E-state index is 14.5. The molecule has 1 aromatic carbocycles. The Kier molecular flexibility index (Phi) is 25.2. The number of carbonyl (C=O) groups is 10. The van der Waals surface area contributed by atoms with Crippen LogP contribution >= 0.6 is 0 Å². The number of aliphatic hydroxyl groups is 1.